The van der Waals surface area contributed by atoms with Gasteiger partial charge in [0.25, 0.3) is 0 Å². The minimum atomic E-state index is -3.62. The van der Waals surface area contributed by atoms with Gasteiger partial charge in [-0.15, -0.1) is 11.3 Å². The molecule has 0 saturated heterocycles. The molecule has 3 aromatic rings. The normalized spacial score (nSPS) is 12.4. The van der Waals surface area contributed by atoms with Gasteiger partial charge in [-0.25, -0.2) is 18.4 Å². The van der Waals surface area contributed by atoms with Crippen LogP contribution in [-0.2, 0) is 23.6 Å². The van der Waals surface area contributed by atoms with Crippen molar-refractivity contribution in [2.24, 2.45) is 7.05 Å². The largest absolute Gasteiger partial charge is 0.250 e. The summed E-state index contributed by atoms with van der Waals surface area (Å²) in [5.74, 6) is 0. The summed E-state index contributed by atoms with van der Waals surface area (Å²) >= 11 is 1.45. The molecule has 3 heterocycles. The third-order valence-corrected chi connectivity index (χ3v) is 6.45. The predicted octanol–water partition coefficient (Wildman–Crippen LogP) is 1.86. The van der Waals surface area contributed by atoms with Gasteiger partial charge in [-0.1, -0.05) is 0 Å². The Balaban J connectivity index is 1.98. The van der Waals surface area contributed by atoms with E-state index in [1.54, 1.807) is 30.4 Å². The van der Waals surface area contributed by atoms with Crippen LogP contribution in [0.5, 0.6) is 0 Å². The molecule has 0 N–H and O–H groups in total. The summed E-state index contributed by atoms with van der Waals surface area (Å²) in [6.45, 7) is 4.01. The number of fused-ring (bicyclic) bond motifs is 1. The van der Waals surface area contributed by atoms with Crippen LogP contribution in [0.1, 0.15) is 16.3 Å². The Morgan fingerprint density at radius 2 is 2.00 bits per heavy atom. The monoisotopic (exact) mass is 351 g/mol. The average molecular weight is 351 g/mol. The molecule has 0 spiro atoms. The topological polar surface area (TPSA) is 81.0 Å². The van der Waals surface area contributed by atoms with E-state index in [1.165, 1.54) is 21.8 Å². The molecule has 0 amide bonds. The second-order valence-corrected chi connectivity index (χ2v) is 8.36. The summed E-state index contributed by atoms with van der Waals surface area (Å²) in [5, 5.41) is 5.02. The van der Waals surface area contributed by atoms with Crippen LogP contribution in [0.15, 0.2) is 22.7 Å². The molecule has 0 fully saturated rings. The Bertz CT molecular complexity index is 974. The smallest absolute Gasteiger partial charge is 0.244 e. The Hall–Kier alpha value is -1.84. The van der Waals surface area contributed by atoms with Crippen molar-refractivity contribution in [1.29, 1.82) is 0 Å². The third-order valence-electron chi connectivity index (χ3n) is 3.76. The zero-order chi connectivity index (χ0) is 16.8. The maximum Gasteiger partial charge on any atom is 0.244 e. The highest BCUT2D eigenvalue weighted by Gasteiger charge is 2.23. The van der Waals surface area contributed by atoms with E-state index in [4.69, 9.17) is 0 Å². The van der Waals surface area contributed by atoms with Crippen molar-refractivity contribution in [2.75, 3.05) is 7.05 Å². The number of aryl methyl sites for hydroxylation is 3. The van der Waals surface area contributed by atoms with Crippen LogP contribution < -0.4 is 0 Å². The standard InChI is InChI=1S/C14H17N5O2S2/c1-9-12-5-11(6-15-14(12)19(4)17-9)23(20,21)18(3)7-13-10(2)16-8-22-13/h5-6,8H,7H2,1-4H3. The summed E-state index contributed by atoms with van der Waals surface area (Å²) in [5.41, 5.74) is 4.00. The Labute approximate surface area is 138 Å². The molecule has 0 bridgehead atoms. The number of sulfonamides is 1. The van der Waals surface area contributed by atoms with E-state index in [2.05, 4.69) is 15.1 Å². The molecule has 3 aromatic heterocycles. The Kier molecular flexibility index (Phi) is 3.95. The first-order valence-electron chi connectivity index (χ1n) is 6.95. The van der Waals surface area contributed by atoms with Crippen LogP contribution in [0, 0.1) is 13.8 Å². The molecule has 0 aliphatic rings. The van der Waals surface area contributed by atoms with E-state index in [-0.39, 0.29) is 4.90 Å². The van der Waals surface area contributed by atoms with Crippen molar-refractivity contribution in [3.63, 3.8) is 0 Å². The highest BCUT2D eigenvalue weighted by Crippen LogP contribution is 2.23. The van der Waals surface area contributed by atoms with Crippen LogP contribution in [0.25, 0.3) is 11.0 Å². The second-order valence-electron chi connectivity index (χ2n) is 5.37. The number of thiazole rings is 1. The number of nitrogens with zero attached hydrogens (tertiary/aromatic N) is 5. The zero-order valence-electron chi connectivity index (χ0n) is 13.3. The molecule has 0 saturated carbocycles. The van der Waals surface area contributed by atoms with Gasteiger partial charge >= 0.3 is 0 Å². The zero-order valence-corrected chi connectivity index (χ0v) is 14.9. The lowest BCUT2D eigenvalue weighted by Crippen LogP contribution is -2.26. The van der Waals surface area contributed by atoms with Crippen molar-refractivity contribution in [2.45, 2.75) is 25.3 Å². The van der Waals surface area contributed by atoms with Gasteiger partial charge in [0.1, 0.15) is 4.90 Å². The van der Waals surface area contributed by atoms with E-state index in [1.807, 2.05) is 13.8 Å². The lowest BCUT2D eigenvalue weighted by molar-refractivity contribution is 0.468. The molecule has 7 nitrogen and oxygen atoms in total. The van der Waals surface area contributed by atoms with Gasteiger partial charge in [0, 0.05) is 37.1 Å². The van der Waals surface area contributed by atoms with Crippen LogP contribution in [0.4, 0.5) is 0 Å². The third kappa shape index (κ3) is 2.75. The number of hydrogen-bond donors (Lipinski definition) is 0. The summed E-state index contributed by atoms with van der Waals surface area (Å²) in [6, 6.07) is 1.63. The van der Waals surface area contributed by atoms with Gasteiger partial charge in [0.15, 0.2) is 5.65 Å². The molecule has 0 unspecified atom stereocenters. The summed E-state index contributed by atoms with van der Waals surface area (Å²) in [4.78, 5) is 9.51. The van der Waals surface area contributed by atoms with Crippen molar-refractivity contribution in [3.05, 3.63) is 34.0 Å². The maximum atomic E-state index is 12.8. The van der Waals surface area contributed by atoms with Gasteiger partial charge in [-0.05, 0) is 19.9 Å². The van der Waals surface area contributed by atoms with Gasteiger partial charge in [-0.3, -0.25) is 4.68 Å². The van der Waals surface area contributed by atoms with E-state index in [0.29, 0.717) is 12.2 Å². The molecule has 9 heteroatoms. The van der Waals surface area contributed by atoms with E-state index < -0.39 is 10.0 Å². The van der Waals surface area contributed by atoms with E-state index >= 15 is 0 Å². The predicted molar refractivity (Wildman–Crippen MR) is 88.7 cm³/mol. The molecule has 122 valence electrons. The minimum absolute atomic E-state index is 0.172. The van der Waals surface area contributed by atoms with Crippen LogP contribution in [0.3, 0.4) is 0 Å². The number of hydrogen-bond acceptors (Lipinski definition) is 6. The molecule has 23 heavy (non-hydrogen) atoms. The highest BCUT2D eigenvalue weighted by molar-refractivity contribution is 7.89. The number of rotatable bonds is 4. The quantitative estimate of drug-likeness (QED) is 0.717. The summed E-state index contributed by atoms with van der Waals surface area (Å²) < 4.78 is 28.5. The lowest BCUT2D eigenvalue weighted by atomic mass is 10.3. The number of pyridine rings is 1. The van der Waals surface area contributed by atoms with Crippen LogP contribution >= 0.6 is 11.3 Å². The fourth-order valence-electron chi connectivity index (χ4n) is 2.37. The summed E-state index contributed by atoms with van der Waals surface area (Å²) in [7, 11) is -0.267. The molecule has 0 aliphatic carbocycles. The molecular formula is C14H17N5O2S2. The van der Waals surface area contributed by atoms with Crippen molar-refractivity contribution < 1.29 is 8.42 Å². The SMILES string of the molecule is Cc1ncsc1CN(C)S(=O)(=O)c1cnc2c(c1)c(C)nn2C. The highest BCUT2D eigenvalue weighted by atomic mass is 32.2. The van der Waals surface area contributed by atoms with Gasteiger partial charge in [-0.2, -0.15) is 9.40 Å². The van der Waals surface area contributed by atoms with Gasteiger partial charge in [0.05, 0.1) is 16.9 Å². The lowest BCUT2D eigenvalue weighted by Gasteiger charge is -2.16. The fourth-order valence-corrected chi connectivity index (χ4v) is 4.40. The van der Waals surface area contributed by atoms with Crippen LogP contribution in [0.2, 0.25) is 0 Å². The first-order chi connectivity index (χ1) is 10.8. The van der Waals surface area contributed by atoms with Crippen molar-refractivity contribution in [1.82, 2.24) is 24.1 Å². The Morgan fingerprint density at radius 1 is 1.26 bits per heavy atom. The molecule has 0 atom stereocenters. The first kappa shape index (κ1) is 16.0. The van der Waals surface area contributed by atoms with E-state index in [0.717, 1.165) is 21.7 Å². The minimum Gasteiger partial charge on any atom is -0.250 e. The number of aromatic nitrogens is 4. The van der Waals surface area contributed by atoms with Gasteiger partial charge in [0.2, 0.25) is 10.0 Å². The molecular weight excluding hydrogens is 334 g/mol. The molecule has 0 aromatic carbocycles. The van der Waals surface area contributed by atoms with Crippen molar-refractivity contribution in [3.8, 4) is 0 Å². The fraction of sp³-hybridized carbons (Fsp3) is 0.357. The molecule has 0 radical (unpaired) electrons. The maximum absolute atomic E-state index is 12.8. The van der Waals surface area contributed by atoms with Gasteiger partial charge < -0.3 is 0 Å². The average Bonchev–Trinajstić information content (AvgIpc) is 3.03. The van der Waals surface area contributed by atoms with Crippen LogP contribution in [-0.4, -0.2) is 39.5 Å². The second kappa shape index (κ2) is 5.66. The van der Waals surface area contributed by atoms with Crippen molar-refractivity contribution >= 4 is 32.4 Å². The Morgan fingerprint density at radius 3 is 2.65 bits per heavy atom. The first-order valence-corrected chi connectivity index (χ1v) is 9.27. The molecule has 0 aliphatic heterocycles. The molecule has 3 rings (SSSR count). The van der Waals surface area contributed by atoms with E-state index in [9.17, 15) is 8.42 Å². The summed E-state index contributed by atoms with van der Waals surface area (Å²) in [6.07, 6.45) is 1.38.